The maximum absolute atomic E-state index is 10.6. The molecule has 2 aliphatic rings. The topological polar surface area (TPSA) is 57.5 Å². The highest BCUT2D eigenvalue weighted by atomic mass is 32.2. The van der Waals surface area contributed by atoms with Crippen LogP contribution in [0.3, 0.4) is 0 Å². The summed E-state index contributed by atoms with van der Waals surface area (Å²) in [5.74, 6) is 0.553. The second-order valence-electron chi connectivity index (χ2n) is 6.25. The summed E-state index contributed by atoms with van der Waals surface area (Å²) in [6.45, 7) is 6.35. The minimum Gasteiger partial charge on any atom is -0.478 e. The van der Waals surface area contributed by atoms with E-state index in [2.05, 4.69) is 13.8 Å². The number of hydrogen-bond acceptors (Lipinski definition) is 3. The Hall–Kier alpha value is -0.480. The van der Waals surface area contributed by atoms with E-state index in [0.29, 0.717) is 5.92 Å². The number of carboxylic acid groups (broad SMARTS) is 1. The van der Waals surface area contributed by atoms with Crippen LogP contribution in [0.2, 0.25) is 0 Å². The molecule has 0 spiro atoms. The molecule has 3 atom stereocenters. The lowest BCUT2D eigenvalue weighted by Crippen LogP contribution is -2.40. The van der Waals surface area contributed by atoms with Crippen molar-refractivity contribution >= 4 is 17.7 Å². The summed E-state index contributed by atoms with van der Waals surface area (Å²) in [5, 5.41) is 19.1. The average molecular weight is 270 g/mol. The van der Waals surface area contributed by atoms with Crippen molar-refractivity contribution in [2.75, 3.05) is 5.75 Å². The van der Waals surface area contributed by atoms with Crippen LogP contribution in [0.25, 0.3) is 0 Å². The van der Waals surface area contributed by atoms with Crippen molar-refractivity contribution < 1.29 is 15.0 Å². The Morgan fingerprint density at radius 3 is 2.61 bits per heavy atom. The molecule has 3 nitrogen and oxygen atoms in total. The number of aliphatic hydroxyl groups excluding tert-OH is 1. The van der Waals surface area contributed by atoms with Gasteiger partial charge >= 0.3 is 5.97 Å². The normalized spacial score (nSPS) is 38.1. The lowest BCUT2D eigenvalue weighted by atomic mass is 9.70. The fourth-order valence-electron chi connectivity index (χ4n) is 3.84. The van der Waals surface area contributed by atoms with Crippen LogP contribution < -0.4 is 0 Å². The van der Waals surface area contributed by atoms with Gasteiger partial charge in [0.15, 0.2) is 0 Å². The number of carbonyl (C=O) groups is 1. The molecule has 2 fully saturated rings. The number of carboxylic acids is 1. The summed E-state index contributed by atoms with van der Waals surface area (Å²) >= 11 is 1.58. The first kappa shape index (κ1) is 13.9. The van der Waals surface area contributed by atoms with E-state index in [4.69, 9.17) is 5.11 Å². The van der Waals surface area contributed by atoms with E-state index in [1.165, 1.54) is 12.5 Å². The average Bonchev–Trinajstić information content (AvgIpc) is 2.59. The molecule has 2 aliphatic carbocycles. The first-order valence-electron chi connectivity index (χ1n) is 6.52. The number of hydrogen-bond donors (Lipinski definition) is 2. The van der Waals surface area contributed by atoms with Gasteiger partial charge in [-0.3, -0.25) is 0 Å². The molecule has 0 aromatic rings. The summed E-state index contributed by atoms with van der Waals surface area (Å²) in [4.78, 5) is 11.4. The largest absolute Gasteiger partial charge is 0.478 e. The van der Waals surface area contributed by atoms with Crippen LogP contribution >= 0.6 is 11.8 Å². The van der Waals surface area contributed by atoms with Crippen molar-refractivity contribution in [3.05, 3.63) is 11.0 Å². The monoisotopic (exact) mass is 270 g/mol. The van der Waals surface area contributed by atoms with Crippen molar-refractivity contribution in [3.63, 3.8) is 0 Å². The van der Waals surface area contributed by atoms with Gasteiger partial charge in [0.2, 0.25) is 0 Å². The van der Waals surface area contributed by atoms with Gasteiger partial charge in [0.05, 0.1) is 6.10 Å². The van der Waals surface area contributed by atoms with Gasteiger partial charge < -0.3 is 10.2 Å². The standard InChI is InChI=1S/C14H22O3S/c1-9(6-12(16)17)18-8-14-5-4-10(7-11(14)15)13(14,2)3/h6,10-11,15H,4-5,7-8H2,1-3H3,(H,16,17)/b9-6-/t10-,11-,14-/m1/s1. The predicted octanol–water partition coefficient (Wildman–Crippen LogP) is 2.90. The summed E-state index contributed by atoms with van der Waals surface area (Å²) < 4.78 is 0. The van der Waals surface area contributed by atoms with E-state index in [1.807, 2.05) is 6.92 Å². The van der Waals surface area contributed by atoms with Crippen LogP contribution in [0.4, 0.5) is 0 Å². The molecular weight excluding hydrogens is 248 g/mol. The molecule has 0 radical (unpaired) electrons. The Morgan fingerprint density at radius 1 is 1.50 bits per heavy atom. The molecule has 2 rings (SSSR count). The quantitative estimate of drug-likeness (QED) is 0.771. The SMILES string of the molecule is C/C(=C/C(=O)O)SC[C@]12CC[C@H](C[C@H]1O)C2(C)C. The molecule has 18 heavy (non-hydrogen) atoms. The lowest BCUT2D eigenvalue weighted by Gasteiger charge is -2.40. The third-order valence-electron chi connectivity index (χ3n) is 5.27. The number of allylic oxidation sites excluding steroid dienone is 1. The van der Waals surface area contributed by atoms with Crippen LogP contribution in [-0.4, -0.2) is 28.0 Å². The van der Waals surface area contributed by atoms with Crippen LogP contribution in [0.1, 0.15) is 40.0 Å². The molecular formula is C14H22O3S. The number of rotatable bonds is 4. The van der Waals surface area contributed by atoms with Crippen molar-refractivity contribution in [2.24, 2.45) is 16.7 Å². The lowest BCUT2D eigenvalue weighted by molar-refractivity contribution is -0.131. The third kappa shape index (κ3) is 1.99. The molecule has 0 heterocycles. The van der Waals surface area contributed by atoms with Gasteiger partial charge in [-0.1, -0.05) is 13.8 Å². The van der Waals surface area contributed by atoms with Crippen LogP contribution in [0, 0.1) is 16.7 Å². The highest BCUT2D eigenvalue weighted by Crippen LogP contribution is 2.66. The highest BCUT2D eigenvalue weighted by Gasteiger charge is 2.63. The van der Waals surface area contributed by atoms with Gasteiger partial charge in [0.25, 0.3) is 0 Å². The molecule has 102 valence electrons. The third-order valence-corrected chi connectivity index (χ3v) is 6.51. The first-order valence-corrected chi connectivity index (χ1v) is 7.50. The zero-order chi connectivity index (χ0) is 13.6. The van der Waals surface area contributed by atoms with E-state index in [9.17, 15) is 9.90 Å². The smallest absolute Gasteiger partial charge is 0.329 e. The summed E-state index contributed by atoms with van der Waals surface area (Å²) in [7, 11) is 0. The van der Waals surface area contributed by atoms with Crippen molar-refractivity contribution in [2.45, 2.75) is 46.1 Å². The van der Waals surface area contributed by atoms with Gasteiger partial charge in [-0.25, -0.2) is 4.79 Å². The molecule has 0 amide bonds. The predicted molar refractivity (Wildman–Crippen MR) is 73.4 cm³/mol. The summed E-state index contributed by atoms with van der Waals surface area (Å²) in [6, 6.07) is 0. The number of fused-ring (bicyclic) bond motifs is 2. The minimum atomic E-state index is -0.895. The molecule has 4 heteroatoms. The van der Waals surface area contributed by atoms with Crippen LogP contribution in [0.5, 0.6) is 0 Å². The van der Waals surface area contributed by atoms with Crippen molar-refractivity contribution in [1.29, 1.82) is 0 Å². The van der Waals surface area contributed by atoms with E-state index in [1.54, 1.807) is 11.8 Å². The molecule has 0 saturated heterocycles. The Kier molecular flexibility index (Phi) is 3.54. The number of thioether (sulfide) groups is 1. The van der Waals surface area contributed by atoms with E-state index >= 15 is 0 Å². The fraction of sp³-hybridized carbons (Fsp3) is 0.786. The first-order chi connectivity index (χ1) is 8.29. The molecule has 0 unspecified atom stereocenters. The highest BCUT2D eigenvalue weighted by molar-refractivity contribution is 8.03. The van der Waals surface area contributed by atoms with E-state index in [0.717, 1.165) is 23.5 Å². The number of aliphatic carboxylic acids is 1. The second kappa shape index (κ2) is 4.57. The van der Waals surface area contributed by atoms with Crippen molar-refractivity contribution in [1.82, 2.24) is 0 Å². The minimum absolute atomic E-state index is 0.0318. The maximum atomic E-state index is 10.6. The van der Waals surface area contributed by atoms with Crippen LogP contribution in [-0.2, 0) is 4.79 Å². The Morgan fingerprint density at radius 2 is 2.17 bits per heavy atom. The Labute approximate surface area is 113 Å². The molecule has 0 aromatic heterocycles. The molecule has 2 bridgehead atoms. The van der Waals surface area contributed by atoms with Crippen LogP contribution in [0.15, 0.2) is 11.0 Å². The van der Waals surface area contributed by atoms with Gasteiger partial charge in [-0.05, 0) is 42.4 Å². The van der Waals surface area contributed by atoms with Gasteiger partial charge in [0, 0.05) is 17.2 Å². The zero-order valence-corrected chi connectivity index (χ0v) is 12.1. The maximum Gasteiger partial charge on any atom is 0.329 e. The molecule has 2 saturated carbocycles. The zero-order valence-electron chi connectivity index (χ0n) is 11.3. The molecule has 0 aliphatic heterocycles. The molecule has 0 aromatic carbocycles. The Balaban J connectivity index is 2.10. The number of aliphatic hydroxyl groups is 1. The van der Waals surface area contributed by atoms with Gasteiger partial charge in [-0.2, -0.15) is 0 Å². The molecule has 2 N–H and O–H groups in total. The summed E-state index contributed by atoms with van der Waals surface area (Å²) in [6.07, 6.45) is 4.21. The van der Waals surface area contributed by atoms with Crippen molar-refractivity contribution in [3.8, 4) is 0 Å². The Bertz CT molecular complexity index is 389. The summed E-state index contributed by atoms with van der Waals surface area (Å²) in [5.41, 5.74) is 0.138. The van der Waals surface area contributed by atoms with Gasteiger partial charge in [0.1, 0.15) is 0 Å². The van der Waals surface area contributed by atoms with Gasteiger partial charge in [-0.15, -0.1) is 11.8 Å². The second-order valence-corrected chi connectivity index (χ2v) is 7.47. The van der Waals surface area contributed by atoms with E-state index < -0.39 is 5.97 Å². The fourth-order valence-corrected chi connectivity index (χ4v) is 5.22. The van der Waals surface area contributed by atoms with E-state index in [-0.39, 0.29) is 16.9 Å².